The topological polar surface area (TPSA) is 79.1 Å². The number of nitrogens with one attached hydrogen (secondary N) is 2. The molecule has 158 valence electrons. The van der Waals surface area contributed by atoms with E-state index in [2.05, 4.69) is 52.7 Å². The van der Waals surface area contributed by atoms with Gasteiger partial charge in [0, 0.05) is 18.8 Å². The highest BCUT2D eigenvalue weighted by molar-refractivity contribution is 5.65. The van der Waals surface area contributed by atoms with Gasteiger partial charge in [-0.05, 0) is 67.8 Å². The Balaban J connectivity index is 1.59. The average molecular weight is 405 g/mol. The molecule has 0 bridgehead atoms. The minimum absolute atomic E-state index is 0.251. The fourth-order valence-electron chi connectivity index (χ4n) is 3.93. The molecule has 1 aliphatic heterocycles. The minimum Gasteiger partial charge on any atom is -0.383 e. The highest BCUT2D eigenvalue weighted by atomic mass is 15.3. The second-order valence-corrected chi connectivity index (χ2v) is 8.75. The molecule has 1 fully saturated rings. The largest absolute Gasteiger partial charge is 0.383 e. The summed E-state index contributed by atoms with van der Waals surface area (Å²) in [4.78, 5) is 11.6. The number of nitrogens with two attached hydrogens (primary N) is 1. The Morgan fingerprint density at radius 1 is 1.27 bits per heavy atom. The fraction of sp³-hybridized carbons (Fsp3) is 0.417. The van der Waals surface area contributed by atoms with Crippen molar-refractivity contribution in [1.29, 1.82) is 0 Å². The van der Waals surface area contributed by atoms with E-state index < -0.39 is 0 Å². The quantitative estimate of drug-likeness (QED) is 0.588. The molecule has 2 aromatic heterocycles. The SMILES string of the molecule is C=C(NCC1(C)CC1)c1ccc2c(n1)N(C(=C)Nc1ccccn1)[C@@H](CCN)CC2. The third-order valence-corrected chi connectivity index (χ3v) is 6.17. The lowest BCUT2D eigenvalue weighted by Crippen LogP contribution is -2.42. The van der Waals surface area contributed by atoms with Crippen LogP contribution in [0.3, 0.4) is 0 Å². The van der Waals surface area contributed by atoms with Crippen molar-refractivity contribution < 1.29 is 0 Å². The summed E-state index contributed by atoms with van der Waals surface area (Å²) in [5.41, 5.74) is 9.31. The second-order valence-electron chi connectivity index (χ2n) is 8.75. The first-order valence-electron chi connectivity index (χ1n) is 10.8. The normalized spacial score (nSPS) is 19.0. The van der Waals surface area contributed by atoms with E-state index in [9.17, 15) is 0 Å². The molecule has 2 aliphatic rings. The van der Waals surface area contributed by atoms with Crippen molar-refractivity contribution in [3.8, 4) is 0 Å². The van der Waals surface area contributed by atoms with E-state index in [1.807, 2.05) is 18.2 Å². The Morgan fingerprint density at radius 2 is 2.10 bits per heavy atom. The van der Waals surface area contributed by atoms with Gasteiger partial charge in [0.25, 0.3) is 0 Å². The summed E-state index contributed by atoms with van der Waals surface area (Å²) in [6, 6.07) is 10.3. The Hall–Kier alpha value is -2.86. The molecule has 1 saturated carbocycles. The Bertz CT molecular complexity index is 919. The molecule has 3 heterocycles. The Morgan fingerprint density at radius 3 is 2.80 bits per heavy atom. The van der Waals surface area contributed by atoms with Crippen LogP contribution in [-0.2, 0) is 6.42 Å². The molecule has 30 heavy (non-hydrogen) atoms. The summed E-state index contributed by atoms with van der Waals surface area (Å²) in [5, 5.41) is 6.83. The van der Waals surface area contributed by atoms with Gasteiger partial charge >= 0.3 is 0 Å². The van der Waals surface area contributed by atoms with Crippen molar-refractivity contribution in [3.05, 3.63) is 66.8 Å². The maximum atomic E-state index is 5.92. The van der Waals surface area contributed by atoms with Crippen LogP contribution in [0.25, 0.3) is 5.70 Å². The van der Waals surface area contributed by atoms with Crippen LogP contribution >= 0.6 is 0 Å². The van der Waals surface area contributed by atoms with Crippen LogP contribution in [0.1, 0.15) is 43.9 Å². The molecule has 0 aromatic carbocycles. The van der Waals surface area contributed by atoms with Crippen LogP contribution in [0.15, 0.2) is 55.5 Å². The van der Waals surface area contributed by atoms with Gasteiger partial charge in [0.15, 0.2) is 0 Å². The van der Waals surface area contributed by atoms with Crippen molar-refractivity contribution >= 4 is 17.3 Å². The lowest BCUT2D eigenvalue weighted by molar-refractivity contribution is 0.524. The predicted octanol–water partition coefficient (Wildman–Crippen LogP) is 3.89. The molecule has 6 nitrogen and oxygen atoms in total. The van der Waals surface area contributed by atoms with Crippen molar-refractivity contribution in [2.24, 2.45) is 11.1 Å². The maximum Gasteiger partial charge on any atom is 0.138 e. The summed E-state index contributed by atoms with van der Waals surface area (Å²) < 4.78 is 0. The number of pyridine rings is 2. The van der Waals surface area contributed by atoms with E-state index in [0.29, 0.717) is 12.0 Å². The first-order chi connectivity index (χ1) is 14.5. The Labute approximate surface area is 179 Å². The number of fused-ring (bicyclic) bond motifs is 1. The van der Waals surface area contributed by atoms with Gasteiger partial charge in [0.1, 0.15) is 17.5 Å². The number of nitrogens with zero attached hydrogens (tertiary/aromatic N) is 3. The lowest BCUT2D eigenvalue weighted by atomic mass is 9.96. The summed E-state index contributed by atoms with van der Waals surface area (Å²) in [6.45, 7) is 12.4. The van der Waals surface area contributed by atoms with E-state index >= 15 is 0 Å². The number of hydrogen-bond acceptors (Lipinski definition) is 6. The van der Waals surface area contributed by atoms with Crippen molar-refractivity contribution in [2.45, 2.75) is 45.1 Å². The van der Waals surface area contributed by atoms with Gasteiger partial charge in [-0.3, -0.25) is 0 Å². The number of hydrogen-bond donors (Lipinski definition) is 3. The van der Waals surface area contributed by atoms with Gasteiger partial charge in [-0.2, -0.15) is 0 Å². The zero-order valence-electron chi connectivity index (χ0n) is 17.8. The molecule has 0 unspecified atom stereocenters. The smallest absolute Gasteiger partial charge is 0.138 e. The van der Waals surface area contributed by atoms with E-state index in [4.69, 9.17) is 10.7 Å². The molecule has 6 heteroatoms. The van der Waals surface area contributed by atoms with Gasteiger partial charge in [0.2, 0.25) is 0 Å². The summed E-state index contributed by atoms with van der Waals surface area (Å²) >= 11 is 0. The van der Waals surface area contributed by atoms with Gasteiger partial charge in [-0.15, -0.1) is 0 Å². The van der Waals surface area contributed by atoms with Crippen LogP contribution in [0.4, 0.5) is 11.6 Å². The number of rotatable bonds is 9. The summed E-state index contributed by atoms with van der Waals surface area (Å²) in [6.07, 6.45) is 7.20. The van der Waals surface area contributed by atoms with Gasteiger partial charge in [-0.1, -0.05) is 32.2 Å². The van der Waals surface area contributed by atoms with E-state index in [0.717, 1.165) is 54.7 Å². The zero-order valence-corrected chi connectivity index (χ0v) is 17.8. The van der Waals surface area contributed by atoms with Crippen molar-refractivity contribution in [3.63, 3.8) is 0 Å². The van der Waals surface area contributed by atoms with E-state index in [1.54, 1.807) is 6.20 Å². The Kier molecular flexibility index (Phi) is 5.77. The molecular weight excluding hydrogens is 372 g/mol. The first kappa shape index (κ1) is 20.4. The van der Waals surface area contributed by atoms with Gasteiger partial charge in [-0.25, -0.2) is 9.97 Å². The molecule has 2 aromatic rings. The first-order valence-corrected chi connectivity index (χ1v) is 10.8. The van der Waals surface area contributed by atoms with Crippen LogP contribution in [-0.4, -0.2) is 29.1 Å². The number of anilines is 2. The average Bonchev–Trinajstić information content (AvgIpc) is 3.49. The number of aromatic nitrogens is 2. The van der Waals surface area contributed by atoms with Crippen LogP contribution in [0.2, 0.25) is 0 Å². The molecule has 0 spiro atoms. The van der Waals surface area contributed by atoms with E-state index in [1.165, 1.54) is 18.4 Å². The minimum atomic E-state index is 0.251. The molecule has 4 rings (SSSR count). The summed E-state index contributed by atoms with van der Waals surface area (Å²) in [5.74, 6) is 2.47. The van der Waals surface area contributed by atoms with Crippen molar-refractivity contribution in [1.82, 2.24) is 15.3 Å². The number of aryl methyl sites for hydroxylation is 1. The predicted molar refractivity (Wildman–Crippen MR) is 124 cm³/mol. The molecule has 1 aliphatic carbocycles. The molecular formula is C24H32N6. The molecule has 4 N–H and O–H groups in total. The van der Waals surface area contributed by atoms with Crippen LogP contribution in [0.5, 0.6) is 0 Å². The lowest BCUT2D eigenvalue weighted by Gasteiger charge is -2.39. The second kappa shape index (κ2) is 8.48. The molecule has 1 atom stereocenters. The fourth-order valence-corrected chi connectivity index (χ4v) is 3.93. The molecule has 0 saturated heterocycles. The van der Waals surface area contributed by atoms with Crippen LogP contribution < -0.4 is 21.3 Å². The van der Waals surface area contributed by atoms with Gasteiger partial charge < -0.3 is 21.3 Å². The molecule has 0 amide bonds. The third kappa shape index (κ3) is 4.49. The standard InChI is InChI=1S/C24H32N6/c1-17(27-16-24(3)12-13-24)21-10-8-19-7-9-20(11-14-25)30(23(19)29-21)18(2)28-22-6-4-5-15-26-22/h4-6,8,10,15,20,27H,1-2,7,9,11-14,16,25H2,3H3,(H,26,28)/t20-/m1/s1. The van der Waals surface area contributed by atoms with Gasteiger partial charge in [0.05, 0.1) is 11.4 Å². The highest BCUT2D eigenvalue weighted by Crippen LogP contribution is 2.44. The van der Waals surface area contributed by atoms with Crippen LogP contribution in [0, 0.1) is 5.41 Å². The van der Waals surface area contributed by atoms with E-state index in [-0.39, 0.29) is 6.04 Å². The third-order valence-electron chi connectivity index (χ3n) is 6.17. The maximum absolute atomic E-state index is 5.92. The zero-order chi connectivity index (χ0) is 21.1. The summed E-state index contributed by atoms with van der Waals surface area (Å²) in [7, 11) is 0. The monoisotopic (exact) mass is 404 g/mol. The highest BCUT2D eigenvalue weighted by Gasteiger charge is 2.37. The van der Waals surface area contributed by atoms with Crippen molar-refractivity contribution in [2.75, 3.05) is 23.3 Å². The molecule has 0 radical (unpaired) electrons.